The first kappa shape index (κ1) is 28.2. The van der Waals surface area contributed by atoms with E-state index in [1.54, 1.807) is 30.3 Å². The molecule has 0 spiro atoms. The van der Waals surface area contributed by atoms with Crippen molar-refractivity contribution in [3.8, 4) is 17.2 Å². The molecule has 0 aliphatic rings. The molecule has 10 heteroatoms. The SMILES string of the molecule is CCCOc1ccc(C(=O)N/N=C/c2cc(Br)cc(Br)c2OCC(=O)Nc2ccc(C)cc2)cc1OC. The summed E-state index contributed by atoms with van der Waals surface area (Å²) in [7, 11) is 1.52. The van der Waals surface area contributed by atoms with Crippen molar-refractivity contribution in [1.82, 2.24) is 5.43 Å². The number of hydrogen-bond donors (Lipinski definition) is 2. The Morgan fingerprint density at radius 3 is 2.46 bits per heavy atom. The number of halogens is 2. The molecule has 0 saturated heterocycles. The Balaban J connectivity index is 1.67. The largest absolute Gasteiger partial charge is 0.493 e. The second kappa shape index (κ2) is 13.8. The fourth-order valence-corrected chi connectivity index (χ4v) is 4.54. The summed E-state index contributed by atoms with van der Waals surface area (Å²) in [4.78, 5) is 25.0. The second-order valence-electron chi connectivity index (χ2n) is 7.92. The number of carbonyl (C=O) groups is 2. The monoisotopic (exact) mass is 631 g/mol. The van der Waals surface area contributed by atoms with Crippen molar-refractivity contribution in [2.24, 2.45) is 5.10 Å². The molecule has 0 aromatic heterocycles. The number of anilines is 1. The maximum Gasteiger partial charge on any atom is 0.271 e. The molecule has 0 radical (unpaired) electrons. The van der Waals surface area contributed by atoms with Gasteiger partial charge in [-0.25, -0.2) is 5.43 Å². The van der Waals surface area contributed by atoms with E-state index < -0.39 is 5.91 Å². The average molecular weight is 633 g/mol. The molecule has 3 aromatic carbocycles. The Hall–Kier alpha value is -3.37. The number of benzene rings is 3. The lowest BCUT2D eigenvalue weighted by Crippen LogP contribution is -2.21. The minimum Gasteiger partial charge on any atom is -0.493 e. The lowest BCUT2D eigenvalue weighted by Gasteiger charge is -2.12. The van der Waals surface area contributed by atoms with E-state index in [0.717, 1.165) is 16.5 Å². The maximum atomic E-state index is 12.6. The van der Waals surface area contributed by atoms with Crippen LogP contribution in [-0.2, 0) is 4.79 Å². The van der Waals surface area contributed by atoms with E-state index in [-0.39, 0.29) is 12.5 Å². The maximum absolute atomic E-state index is 12.6. The number of nitrogens with one attached hydrogen (secondary N) is 2. The molecule has 194 valence electrons. The van der Waals surface area contributed by atoms with E-state index in [4.69, 9.17) is 14.2 Å². The number of nitrogens with zero attached hydrogens (tertiary/aromatic N) is 1. The van der Waals surface area contributed by atoms with Crippen LogP contribution < -0.4 is 25.0 Å². The van der Waals surface area contributed by atoms with Crippen molar-refractivity contribution >= 4 is 55.6 Å². The number of methoxy groups -OCH3 is 1. The number of ether oxygens (including phenoxy) is 3. The third-order valence-electron chi connectivity index (χ3n) is 4.98. The molecule has 0 aliphatic carbocycles. The number of aryl methyl sites for hydroxylation is 1. The first-order chi connectivity index (χ1) is 17.8. The summed E-state index contributed by atoms with van der Waals surface area (Å²) < 4.78 is 18.1. The summed E-state index contributed by atoms with van der Waals surface area (Å²) >= 11 is 6.90. The molecule has 37 heavy (non-hydrogen) atoms. The molecule has 0 saturated carbocycles. The molecule has 0 heterocycles. The number of carbonyl (C=O) groups excluding carboxylic acids is 2. The summed E-state index contributed by atoms with van der Waals surface area (Å²) in [5, 5.41) is 6.86. The van der Waals surface area contributed by atoms with E-state index in [1.807, 2.05) is 38.1 Å². The van der Waals surface area contributed by atoms with E-state index in [9.17, 15) is 9.59 Å². The van der Waals surface area contributed by atoms with Crippen LogP contribution in [0.1, 0.15) is 34.8 Å². The van der Waals surface area contributed by atoms with Crippen LogP contribution in [0.15, 0.2) is 68.6 Å². The molecule has 8 nitrogen and oxygen atoms in total. The lowest BCUT2D eigenvalue weighted by atomic mass is 10.2. The number of amides is 2. The van der Waals surface area contributed by atoms with Crippen LogP contribution in [-0.4, -0.2) is 38.4 Å². The van der Waals surface area contributed by atoms with Gasteiger partial charge in [0.05, 0.1) is 24.4 Å². The Morgan fingerprint density at radius 2 is 1.76 bits per heavy atom. The minimum absolute atomic E-state index is 0.215. The van der Waals surface area contributed by atoms with Crippen molar-refractivity contribution in [2.45, 2.75) is 20.3 Å². The summed E-state index contributed by atoms with van der Waals surface area (Å²) in [6.07, 6.45) is 2.30. The smallest absolute Gasteiger partial charge is 0.271 e. The van der Waals surface area contributed by atoms with E-state index >= 15 is 0 Å². The van der Waals surface area contributed by atoms with Gasteiger partial charge in [0, 0.05) is 21.3 Å². The highest BCUT2D eigenvalue weighted by atomic mass is 79.9. The second-order valence-corrected chi connectivity index (χ2v) is 9.69. The van der Waals surface area contributed by atoms with Crippen molar-refractivity contribution in [3.05, 3.63) is 80.2 Å². The summed E-state index contributed by atoms with van der Waals surface area (Å²) in [6, 6.07) is 15.9. The van der Waals surface area contributed by atoms with Crippen molar-refractivity contribution in [2.75, 3.05) is 25.6 Å². The predicted octanol–water partition coefficient (Wildman–Crippen LogP) is 6.10. The molecule has 3 rings (SSSR count). The zero-order valence-corrected chi connectivity index (χ0v) is 23.8. The first-order valence-electron chi connectivity index (χ1n) is 11.4. The van der Waals surface area contributed by atoms with Crippen LogP contribution in [0.5, 0.6) is 17.2 Å². The highest BCUT2D eigenvalue weighted by molar-refractivity contribution is 9.11. The number of rotatable bonds is 11. The molecule has 3 aromatic rings. The highest BCUT2D eigenvalue weighted by Gasteiger charge is 2.13. The van der Waals surface area contributed by atoms with Crippen molar-refractivity contribution < 1.29 is 23.8 Å². The lowest BCUT2D eigenvalue weighted by molar-refractivity contribution is -0.118. The number of hydrogen-bond acceptors (Lipinski definition) is 6. The average Bonchev–Trinajstić information content (AvgIpc) is 2.88. The van der Waals surface area contributed by atoms with Gasteiger partial charge in [-0.1, -0.05) is 40.5 Å². The third kappa shape index (κ3) is 8.33. The quantitative estimate of drug-likeness (QED) is 0.197. The van der Waals surface area contributed by atoms with Gasteiger partial charge < -0.3 is 19.5 Å². The van der Waals surface area contributed by atoms with Gasteiger partial charge in [0.15, 0.2) is 18.1 Å². The zero-order chi connectivity index (χ0) is 26.8. The fraction of sp³-hybridized carbons (Fsp3) is 0.222. The van der Waals surface area contributed by atoms with Gasteiger partial charge in [-0.15, -0.1) is 0 Å². The van der Waals surface area contributed by atoms with Crippen LogP contribution in [0.25, 0.3) is 0 Å². The molecule has 2 N–H and O–H groups in total. The van der Waals surface area contributed by atoms with Gasteiger partial charge in [0.2, 0.25) is 0 Å². The Labute approximate surface area is 232 Å². The van der Waals surface area contributed by atoms with Gasteiger partial charge in [-0.2, -0.15) is 5.10 Å². The normalized spacial score (nSPS) is 10.7. The van der Waals surface area contributed by atoms with Crippen LogP contribution in [0, 0.1) is 6.92 Å². The Bertz CT molecular complexity index is 1280. The molecule has 2 amide bonds. The molecular weight excluding hydrogens is 606 g/mol. The van der Waals surface area contributed by atoms with Gasteiger partial charge in [-0.05, 0) is 71.7 Å². The van der Waals surface area contributed by atoms with Crippen LogP contribution in [0.3, 0.4) is 0 Å². The molecule has 0 unspecified atom stereocenters. The Morgan fingerprint density at radius 1 is 1.00 bits per heavy atom. The van der Waals surface area contributed by atoms with Crippen LogP contribution in [0.2, 0.25) is 0 Å². The molecule has 0 aliphatic heterocycles. The van der Waals surface area contributed by atoms with E-state index in [2.05, 4.69) is 47.7 Å². The summed E-state index contributed by atoms with van der Waals surface area (Å²) in [5.74, 6) is 0.692. The predicted molar refractivity (Wildman–Crippen MR) is 151 cm³/mol. The molecular formula is C27H27Br2N3O5. The minimum atomic E-state index is -0.425. The molecule has 0 atom stereocenters. The van der Waals surface area contributed by atoms with Gasteiger partial charge in [0.25, 0.3) is 11.8 Å². The Kier molecular flexibility index (Phi) is 10.5. The van der Waals surface area contributed by atoms with Crippen LogP contribution in [0.4, 0.5) is 5.69 Å². The van der Waals surface area contributed by atoms with Gasteiger partial charge >= 0.3 is 0 Å². The molecule has 0 bridgehead atoms. The zero-order valence-electron chi connectivity index (χ0n) is 20.6. The van der Waals surface area contributed by atoms with Crippen LogP contribution >= 0.6 is 31.9 Å². The third-order valence-corrected chi connectivity index (χ3v) is 6.02. The van der Waals surface area contributed by atoms with Crippen molar-refractivity contribution in [3.63, 3.8) is 0 Å². The standard InChI is InChI=1S/C27H27Br2N3O5/c1-4-11-36-23-10-7-18(13-24(23)35-3)27(34)32-30-15-19-12-20(28)14-22(29)26(19)37-16-25(33)31-21-8-5-17(2)6-9-21/h5-10,12-15H,4,11,16H2,1-3H3,(H,31,33)(H,32,34)/b30-15+. The van der Waals surface area contributed by atoms with Gasteiger partial charge in [0.1, 0.15) is 5.75 Å². The van der Waals surface area contributed by atoms with Gasteiger partial charge in [-0.3, -0.25) is 9.59 Å². The number of hydrazone groups is 1. The highest BCUT2D eigenvalue weighted by Crippen LogP contribution is 2.32. The fourth-order valence-electron chi connectivity index (χ4n) is 3.17. The summed E-state index contributed by atoms with van der Waals surface area (Å²) in [5.41, 5.74) is 5.18. The molecule has 0 fully saturated rings. The first-order valence-corrected chi connectivity index (χ1v) is 13.0. The topological polar surface area (TPSA) is 98.3 Å². The summed E-state index contributed by atoms with van der Waals surface area (Å²) in [6.45, 7) is 4.31. The van der Waals surface area contributed by atoms with Crippen molar-refractivity contribution in [1.29, 1.82) is 0 Å². The van der Waals surface area contributed by atoms with E-state index in [0.29, 0.717) is 45.1 Å². The van der Waals surface area contributed by atoms with E-state index in [1.165, 1.54) is 13.3 Å².